The summed E-state index contributed by atoms with van der Waals surface area (Å²) in [5.74, 6) is -0.749. The molecule has 138 valence electrons. The maximum Gasteiger partial charge on any atom is 0.271 e. The van der Waals surface area contributed by atoms with Crippen LogP contribution in [-0.2, 0) is 4.79 Å². The third-order valence-corrected chi connectivity index (χ3v) is 4.01. The Hall–Kier alpha value is -3.75. The third-order valence-electron chi connectivity index (χ3n) is 4.01. The van der Waals surface area contributed by atoms with E-state index in [-0.39, 0.29) is 11.5 Å². The first kappa shape index (κ1) is 18.1. The number of anilines is 3. The monoisotopic (exact) mass is 365 g/mol. The van der Waals surface area contributed by atoms with Crippen molar-refractivity contribution in [1.29, 1.82) is 0 Å². The lowest BCUT2D eigenvalue weighted by atomic mass is 10.1. The third kappa shape index (κ3) is 3.92. The predicted molar refractivity (Wildman–Crippen MR) is 102 cm³/mol. The number of carbonyl (C=O) groups excluding carboxylic acids is 2. The van der Waals surface area contributed by atoms with E-state index in [1.807, 2.05) is 31.2 Å². The van der Waals surface area contributed by atoms with Crippen molar-refractivity contribution in [2.45, 2.75) is 19.4 Å². The van der Waals surface area contributed by atoms with Gasteiger partial charge in [0.2, 0.25) is 5.91 Å². The van der Waals surface area contributed by atoms with E-state index >= 15 is 0 Å². The second-order valence-corrected chi connectivity index (χ2v) is 5.85. The largest absolute Gasteiger partial charge is 0.368 e. The highest BCUT2D eigenvalue weighted by Crippen LogP contribution is 2.26. The second kappa shape index (κ2) is 7.65. The van der Waals surface area contributed by atoms with Crippen molar-refractivity contribution in [3.8, 4) is 0 Å². The smallest absolute Gasteiger partial charge is 0.271 e. The average Bonchev–Trinajstić information content (AvgIpc) is 2.66. The van der Waals surface area contributed by atoms with E-state index in [1.165, 1.54) is 6.20 Å². The number of amides is 2. The van der Waals surface area contributed by atoms with Gasteiger partial charge in [0.05, 0.1) is 6.20 Å². The summed E-state index contributed by atoms with van der Waals surface area (Å²) in [6.45, 7) is 1.82. The molecule has 3 rings (SSSR count). The van der Waals surface area contributed by atoms with E-state index in [0.29, 0.717) is 17.9 Å². The first-order valence-corrected chi connectivity index (χ1v) is 8.32. The highest BCUT2D eigenvalue weighted by atomic mass is 16.1. The molecule has 2 amide bonds. The molecule has 3 aromatic rings. The Morgan fingerprint density at radius 2 is 2.00 bits per heavy atom. The van der Waals surface area contributed by atoms with E-state index in [0.717, 1.165) is 10.8 Å². The summed E-state index contributed by atoms with van der Waals surface area (Å²) in [5.41, 5.74) is 11.5. The van der Waals surface area contributed by atoms with E-state index in [1.54, 1.807) is 12.4 Å². The molecule has 0 aliphatic rings. The zero-order chi connectivity index (χ0) is 19.4. The Kier molecular flexibility index (Phi) is 5.11. The van der Waals surface area contributed by atoms with Crippen LogP contribution in [0.2, 0.25) is 0 Å². The van der Waals surface area contributed by atoms with Crippen molar-refractivity contribution in [3.63, 3.8) is 0 Å². The van der Waals surface area contributed by atoms with Gasteiger partial charge in [-0.15, -0.1) is 0 Å². The van der Waals surface area contributed by atoms with Crippen LogP contribution in [0.5, 0.6) is 0 Å². The fourth-order valence-electron chi connectivity index (χ4n) is 2.64. The maximum absolute atomic E-state index is 11.7. The van der Waals surface area contributed by atoms with Crippen LogP contribution in [-0.4, -0.2) is 32.8 Å². The molecule has 9 heteroatoms. The number of hydrogen-bond acceptors (Lipinski definition) is 7. The van der Waals surface area contributed by atoms with Crippen molar-refractivity contribution in [2.24, 2.45) is 11.5 Å². The Morgan fingerprint density at radius 3 is 2.70 bits per heavy atom. The summed E-state index contributed by atoms with van der Waals surface area (Å²) in [6.07, 6.45) is 5.22. The van der Waals surface area contributed by atoms with Gasteiger partial charge >= 0.3 is 0 Å². The molecule has 0 spiro atoms. The zero-order valence-corrected chi connectivity index (χ0v) is 14.6. The average molecular weight is 365 g/mol. The minimum atomic E-state index is -0.722. The topological polar surface area (TPSA) is 149 Å². The minimum Gasteiger partial charge on any atom is -0.368 e. The summed E-state index contributed by atoms with van der Waals surface area (Å²) in [4.78, 5) is 35.7. The van der Waals surface area contributed by atoms with E-state index in [9.17, 15) is 9.59 Å². The van der Waals surface area contributed by atoms with Crippen molar-refractivity contribution in [1.82, 2.24) is 15.0 Å². The zero-order valence-electron chi connectivity index (χ0n) is 14.6. The van der Waals surface area contributed by atoms with Gasteiger partial charge in [-0.3, -0.25) is 14.6 Å². The molecule has 0 saturated carbocycles. The van der Waals surface area contributed by atoms with Crippen LogP contribution >= 0.6 is 0 Å². The minimum absolute atomic E-state index is 0.0151. The quantitative estimate of drug-likeness (QED) is 0.496. The molecule has 0 aliphatic carbocycles. The van der Waals surface area contributed by atoms with Gasteiger partial charge in [0.25, 0.3) is 5.91 Å². The van der Waals surface area contributed by atoms with Gasteiger partial charge < -0.3 is 22.1 Å². The predicted octanol–water partition coefficient (Wildman–Crippen LogP) is 1.54. The number of pyridine rings is 1. The van der Waals surface area contributed by atoms with Crippen LogP contribution in [0.15, 0.2) is 42.9 Å². The number of nitrogens with one attached hydrogen (secondary N) is 2. The molecule has 6 N–H and O–H groups in total. The normalized spacial score (nSPS) is 11.7. The SMILES string of the molecule is CC[C@@H](Nc1cnc(C(N)=O)c(Nc2cccc3cnccc23)n1)C(N)=O. The van der Waals surface area contributed by atoms with Crippen LogP contribution in [0.1, 0.15) is 23.8 Å². The fourth-order valence-corrected chi connectivity index (χ4v) is 2.64. The molecule has 0 saturated heterocycles. The van der Waals surface area contributed by atoms with E-state index < -0.39 is 17.9 Å². The Morgan fingerprint density at radius 1 is 1.19 bits per heavy atom. The highest BCUT2D eigenvalue weighted by Gasteiger charge is 2.17. The molecule has 0 bridgehead atoms. The van der Waals surface area contributed by atoms with Gasteiger partial charge in [-0.2, -0.15) is 0 Å². The van der Waals surface area contributed by atoms with Gasteiger partial charge in [0.1, 0.15) is 11.9 Å². The van der Waals surface area contributed by atoms with Gasteiger partial charge in [-0.05, 0) is 18.6 Å². The molecule has 1 aromatic carbocycles. The van der Waals surface area contributed by atoms with E-state index in [4.69, 9.17) is 11.5 Å². The molecule has 0 radical (unpaired) electrons. The van der Waals surface area contributed by atoms with E-state index in [2.05, 4.69) is 25.6 Å². The number of nitrogens with zero attached hydrogens (tertiary/aromatic N) is 3. The lowest BCUT2D eigenvalue weighted by molar-refractivity contribution is -0.118. The molecular formula is C18H19N7O2. The number of rotatable bonds is 7. The number of carbonyl (C=O) groups is 2. The maximum atomic E-state index is 11.7. The Balaban J connectivity index is 2.00. The van der Waals surface area contributed by atoms with Crippen LogP contribution in [0.4, 0.5) is 17.3 Å². The first-order chi connectivity index (χ1) is 13.0. The summed E-state index contributed by atoms with van der Waals surface area (Å²) >= 11 is 0. The van der Waals surface area contributed by atoms with Gasteiger partial charge in [-0.25, -0.2) is 9.97 Å². The van der Waals surface area contributed by atoms with Crippen molar-refractivity contribution < 1.29 is 9.59 Å². The molecule has 9 nitrogen and oxygen atoms in total. The number of primary amides is 2. The van der Waals surface area contributed by atoms with Crippen molar-refractivity contribution in [3.05, 3.63) is 48.5 Å². The Bertz CT molecular complexity index is 1000. The molecule has 2 heterocycles. The van der Waals surface area contributed by atoms with Crippen molar-refractivity contribution in [2.75, 3.05) is 10.6 Å². The van der Waals surface area contributed by atoms with Crippen LogP contribution in [0, 0.1) is 0 Å². The number of hydrogen-bond donors (Lipinski definition) is 4. The summed E-state index contributed by atoms with van der Waals surface area (Å²) in [7, 11) is 0. The molecule has 1 atom stereocenters. The number of benzene rings is 1. The summed E-state index contributed by atoms with van der Waals surface area (Å²) < 4.78 is 0. The lowest BCUT2D eigenvalue weighted by Crippen LogP contribution is -2.35. The molecule has 27 heavy (non-hydrogen) atoms. The molecular weight excluding hydrogens is 346 g/mol. The van der Waals surface area contributed by atoms with Gasteiger partial charge in [0.15, 0.2) is 11.5 Å². The molecule has 0 aliphatic heterocycles. The fraction of sp³-hybridized carbons (Fsp3) is 0.167. The number of fused-ring (bicyclic) bond motifs is 1. The Labute approximate surface area is 155 Å². The lowest BCUT2D eigenvalue weighted by Gasteiger charge is -2.16. The number of aromatic nitrogens is 3. The molecule has 0 unspecified atom stereocenters. The van der Waals surface area contributed by atoms with Crippen LogP contribution < -0.4 is 22.1 Å². The van der Waals surface area contributed by atoms with Gasteiger partial charge in [0, 0.05) is 28.9 Å². The van der Waals surface area contributed by atoms with Crippen LogP contribution in [0.3, 0.4) is 0 Å². The summed E-state index contributed by atoms with van der Waals surface area (Å²) in [5, 5.41) is 7.82. The van der Waals surface area contributed by atoms with Gasteiger partial charge in [-0.1, -0.05) is 19.1 Å². The standard InChI is InChI=1S/C18H19N7O2/c1-2-12(16(19)26)23-14-9-22-15(17(20)27)18(25-14)24-13-5-3-4-10-8-21-7-6-11(10)13/h3-9,12H,2H2,1H3,(H2,19,26)(H2,20,27)(H2,23,24,25)/t12-/m1/s1. The highest BCUT2D eigenvalue weighted by molar-refractivity contribution is 5.99. The second-order valence-electron chi connectivity index (χ2n) is 5.85. The van der Waals surface area contributed by atoms with Crippen LogP contribution in [0.25, 0.3) is 10.8 Å². The first-order valence-electron chi connectivity index (χ1n) is 8.32. The van der Waals surface area contributed by atoms with Crippen molar-refractivity contribution >= 4 is 39.9 Å². The number of nitrogens with two attached hydrogens (primary N) is 2. The molecule has 0 fully saturated rings. The molecule has 2 aromatic heterocycles. The summed E-state index contributed by atoms with van der Waals surface area (Å²) in [6, 6.07) is 6.86.